The standard InChI is InChI=1S/C12H17N3O4S/c16-15(17)11-3-1-10(2-4-11)9-14-20(18,19)12-5-7-13-8-6-12/h1-4,12-14H,5-9H2. The molecule has 0 unspecified atom stereocenters. The van der Waals surface area contributed by atoms with Crippen molar-refractivity contribution in [2.45, 2.75) is 24.6 Å². The number of non-ortho nitro benzene ring substituents is 1. The second kappa shape index (κ2) is 6.29. The van der Waals surface area contributed by atoms with Crippen molar-refractivity contribution in [1.29, 1.82) is 0 Å². The maximum absolute atomic E-state index is 12.1. The fourth-order valence-electron chi connectivity index (χ4n) is 2.14. The van der Waals surface area contributed by atoms with Crippen LogP contribution in [0.25, 0.3) is 0 Å². The molecule has 1 aromatic rings. The zero-order valence-corrected chi connectivity index (χ0v) is 11.7. The first-order valence-electron chi connectivity index (χ1n) is 6.41. The number of hydrogen-bond donors (Lipinski definition) is 2. The maximum atomic E-state index is 12.1. The van der Waals surface area contributed by atoms with Crippen LogP contribution in [0.15, 0.2) is 24.3 Å². The molecule has 0 radical (unpaired) electrons. The van der Waals surface area contributed by atoms with Gasteiger partial charge in [-0.2, -0.15) is 0 Å². The Balaban J connectivity index is 1.95. The monoisotopic (exact) mass is 299 g/mol. The van der Waals surface area contributed by atoms with E-state index in [4.69, 9.17) is 0 Å². The first kappa shape index (κ1) is 14.9. The molecule has 7 nitrogen and oxygen atoms in total. The maximum Gasteiger partial charge on any atom is 0.269 e. The van der Waals surface area contributed by atoms with Crippen LogP contribution in [0, 0.1) is 10.1 Å². The summed E-state index contributed by atoms with van der Waals surface area (Å²) < 4.78 is 26.7. The van der Waals surface area contributed by atoms with Gasteiger partial charge in [-0.1, -0.05) is 12.1 Å². The van der Waals surface area contributed by atoms with Crippen molar-refractivity contribution in [3.8, 4) is 0 Å². The topological polar surface area (TPSA) is 101 Å². The molecule has 0 atom stereocenters. The fourth-order valence-corrected chi connectivity index (χ4v) is 3.60. The Labute approximate surface area is 117 Å². The quantitative estimate of drug-likeness (QED) is 0.617. The van der Waals surface area contributed by atoms with Crippen LogP contribution in [0.3, 0.4) is 0 Å². The third-order valence-electron chi connectivity index (χ3n) is 3.35. The third kappa shape index (κ3) is 3.75. The summed E-state index contributed by atoms with van der Waals surface area (Å²) in [6.45, 7) is 1.58. The van der Waals surface area contributed by atoms with Crippen LogP contribution in [0.2, 0.25) is 0 Å². The molecule has 8 heteroatoms. The molecule has 0 aromatic heterocycles. The number of nitro benzene ring substituents is 1. The zero-order chi connectivity index (χ0) is 14.6. The highest BCUT2D eigenvalue weighted by Crippen LogP contribution is 2.14. The van der Waals surface area contributed by atoms with Gasteiger partial charge in [0.1, 0.15) is 0 Å². The van der Waals surface area contributed by atoms with E-state index in [2.05, 4.69) is 10.0 Å². The smallest absolute Gasteiger partial charge is 0.269 e. The van der Waals surface area contributed by atoms with E-state index in [1.807, 2.05) is 0 Å². The molecular formula is C12H17N3O4S. The second-order valence-corrected chi connectivity index (χ2v) is 6.78. The van der Waals surface area contributed by atoms with Crippen molar-refractivity contribution < 1.29 is 13.3 Å². The predicted molar refractivity (Wildman–Crippen MR) is 74.7 cm³/mol. The van der Waals surface area contributed by atoms with Gasteiger partial charge in [-0.25, -0.2) is 13.1 Å². The molecule has 1 saturated heterocycles. The van der Waals surface area contributed by atoms with Crippen LogP contribution in [0.4, 0.5) is 5.69 Å². The molecule has 0 amide bonds. The number of nitro groups is 1. The highest BCUT2D eigenvalue weighted by Gasteiger charge is 2.26. The lowest BCUT2D eigenvalue weighted by Crippen LogP contribution is -2.41. The zero-order valence-electron chi connectivity index (χ0n) is 10.9. The number of hydrogen-bond acceptors (Lipinski definition) is 5. The first-order chi connectivity index (χ1) is 9.49. The third-order valence-corrected chi connectivity index (χ3v) is 5.25. The largest absolute Gasteiger partial charge is 0.317 e. The summed E-state index contributed by atoms with van der Waals surface area (Å²) in [5, 5.41) is 13.3. The van der Waals surface area contributed by atoms with Gasteiger partial charge in [-0.3, -0.25) is 10.1 Å². The molecule has 1 heterocycles. The van der Waals surface area contributed by atoms with E-state index < -0.39 is 14.9 Å². The lowest BCUT2D eigenvalue weighted by atomic mass is 10.2. The first-order valence-corrected chi connectivity index (χ1v) is 7.96. The number of rotatable bonds is 5. The van der Waals surface area contributed by atoms with Gasteiger partial charge in [-0.15, -0.1) is 0 Å². The van der Waals surface area contributed by atoms with Crippen molar-refractivity contribution in [2.24, 2.45) is 0 Å². The normalized spacial score (nSPS) is 17.0. The van der Waals surface area contributed by atoms with E-state index in [1.165, 1.54) is 12.1 Å². The Morgan fingerprint density at radius 1 is 1.25 bits per heavy atom. The molecule has 2 N–H and O–H groups in total. The Hall–Kier alpha value is -1.51. The SMILES string of the molecule is O=[N+]([O-])c1ccc(CNS(=O)(=O)C2CCNCC2)cc1. The van der Waals surface area contributed by atoms with Gasteiger partial charge in [0.25, 0.3) is 5.69 Å². The summed E-state index contributed by atoms with van der Waals surface area (Å²) >= 11 is 0. The molecule has 1 aliphatic heterocycles. The Morgan fingerprint density at radius 3 is 2.40 bits per heavy atom. The molecule has 0 aliphatic carbocycles. The summed E-state index contributed by atoms with van der Waals surface area (Å²) in [5.74, 6) is 0. The summed E-state index contributed by atoms with van der Waals surface area (Å²) in [4.78, 5) is 10.0. The average Bonchev–Trinajstić information content (AvgIpc) is 2.46. The minimum absolute atomic E-state index is 0.00466. The molecule has 0 bridgehead atoms. The van der Waals surface area contributed by atoms with Crippen LogP contribution in [0.5, 0.6) is 0 Å². The van der Waals surface area contributed by atoms with Crippen molar-refractivity contribution in [2.75, 3.05) is 13.1 Å². The molecule has 1 aliphatic rings. The highest BCUT2D eigenvalue weighted by molar-refractivity contribution is 7.90. The molecule has 20 heavy (non-hydrogen) atoms. The van der Waals surface area contributed by atoms with Crippen LogP contribution < -0.4 is 10.0 Å². The summed E-state index contributed by atoms with van der Waals surface area (Å²) in [7, 11) is -3.33. The lowest BCUT2D eigenvalue weighted by Gasteiger charge is -2.22. The number of sulfonamides is 1. The van der Waals surface area contributed by atoms with Crippen LogP contribution in [0.1, 0.15) is 18.4 Å². The molecular weight excluding hydrogens is 282 g/mol. The van der Waals surface area contributed by atoms with Crippen molar-refractivity contribution in [3.05, 3.63) is 39.9 Å². The predicted octanol–water partition coefficient (Wildman–Crippen LogP) is 0.766. The van der Waals surface area contributed by atoms with Crippen molar-refractivity contribution in [3.63, 3.8) is 0 Å². The molecule has 110 valence electrons. The van der Waals surface area contributed by atoms with E-state index in [0.29, 0.717) is 31.5 Å². The second-order valence-electron chi connectivity index (χ2n) is 4.74. The van der Waals surface area contributed by atoms with Crippen LogP contribution in [-0.2, 0) is 16.6 Å². The van der Waals surface area contributed by atoms with Gasteiger partial charge in [0.15, 0.2) is 0 Å². The molecule has 1 fully saturated rings. The summed E-state index contributed by atoms with van der Waals surface area (Å²) in [5.41, 5.74) is 0.697. The molecule has 0 spiro atoms. The minimum atomic E-state index is -3.33. The van der Waals surface area contributed by atoms with Gasteiger partial charge < -0.3 is 5.32 Å². The van der Waals surface area contributed by atoms with Crippen LogP contribution in [-0.4, -0.2) is 31.7 Å². The van der Waals surface area contributed by atoms with Gasteiger partial charge in [0.05, 0.1) is 10.2 Å². The van der Waals surface area contributed by atoms with Crippen LogP contribution >= 0.6 is 0 Å². The Morgan fingerprint density at radius 2 is 1.85 bits per heavy atom. The average molecular weight is 299 g/mol. The van der Waals surface area contributed by atoms with E-state index in [9.17, 15) is 18.5 Å². The minimum Gasteiger partial charge on any atom is -0.317 e. The van der Waals surface area contributed by atoms with Crippen molar-refractivity contribution >= 4 is 15.7 Å². The number of piperidine rings is 1. The summed E-state index contributed by atoms with van der Waals surface area (Å²) in [6, 6.07) is 5.86. The van der Waals surface area contributed by atoms with Gasteiger partial charge in [0.2, 0.25) is 10.0 Å². The Kier molecular flexibility index (Phi) is 4.69. The number of nitrogens with zero attached hydrogens (tertiary/aromatic N) is 1. The van der Waals surface area contributed by atoms with E-state index >= 15 is 0 Å². The molecule has 0 saturated carbocycles. The lowest BCUT2D eigenvalue weighted by molar-refractivity contribution is -0.384. The van der Waals surface area contributed by atoms with Crippen molar-refractivity contribution in [1.82, 2.24) is 10.0 Å². The highest BCUT2D eigenvalue weighted by atomic mass is 32.2. The molecule has 2 rings (SSSR count). The van der Waals surface area contributed by atoms with Gasteiger partial charge in [0, 0.05) is 18.7 Å². The molecule has 1 aromatic carbocycles. The van der Waals surface area contributed by atoms with E-state index in [1.54, 1.807) is 12.1 Å². The summed E-state index contributed by atoms with van der Waals surface area (Å²) in [6.07, 6.45) is 1.21. The number of benzene rings is 1. The van der Waals surface area contributed by atoms with E-state index in [-0.39, 0.29) is 17.5 Å². The number of nitrogens with one attached hydrogen (secondary N) is 2. The fraction of sp³-hybridized carbons (Fsp3) is 0.500. The van der Waals surface area contributed by atoms with Gasteiger partial charge >= 0.3 is 0 Å². The Bertz CT molecular complexity index is 565. The van der Waals surface area contributed by atoms with Gasteiger partial charge in [-0.05, 0) is 31.5 Å². The van der Waals surface area contributed by atoms with E-state index in [0.717, 1.165) is 0 Å².